The number of aromatic amines is 1. The number of hydrogen-bond donors (Lipinski definition) is 2. The SMILES string of the molecule is CCCn1ccnc1CC(O)c1cn[nH]n1. The Balaban J connectivity index is 2.06. The maximum Gasteiger partial charge on any atom is 0.111 e. The van der Waals surface area contributed by atoms with Crippen molar-refractivity contribution < 1.29 is 5.11 Å². The lowest BCUT2D eigenvalue weighted by Gasteiger charge is -2.09. The number of imidazole rings is 1. The van der Waals surface area contributed by atoms with Crippen LogP contribution in [0.2, 0.25) is 0 Å². The smallest absolute Gasteiger partial charge is 0.111 e. The Bertz CT molecular complexity index is 422. The summed E-state index contributed by atoms with van der Waals surface area (Å²) >= 11 is 0. The minimum atomic E-state index is -0.656. The van der Waals surface area contributed by atoms with Crippen LogP contribution in [0.3, 0.4) is 0 Å². The van der Waals surface area contributed by atoms with Gasteiger partial charge in [-0.05, 0) is 6.42 Å². The highest BCUT2D eigenvalue weighted by Gasteiger charge is 2.14. The first-order chi connectivity index (χ1) is 7.81. The van der Waals surface area contributed by atoms with Gasteiger partial charge in [0.1, 0.15) is 17.6 Å². The van der Waals surface area contributed by atoms with Gasteiger partial charge in [-0.1, -0.05) is 6.92 Å². The predicted molar refractivity (Wildman–Crippen MR) is 57.6 cm³/mol. The summed E-state index contributed by atoms with van der Waals surface area (Å²) in [6.07, 6.45) is 6.05. The van der Waals surface area contributed by atoms with Crippen LogP contribution in [0, 0.1) is 0 Å². The molecule has 0 amide bonds. The first-order valence-corrected chi connectivity index (χ1v) is 5.35. The number of aliphatic hydroxyl groups excluding tert-OH is 1. The third kappa shape index (κ3) is 2.27. The predicted octanol–water partition coefficient (Wildman–Crippen LogP) is 0.687. The van der Waals surface area contributed by atoms with Crippen molar-refractivity contribution in [3.8, 4) is 0 Å². The van der Waals surface area contributed by atoms with Crippen LogP contribution in [0.15, 0.2) is 18.6 Å². The largest absolute Gasteiger partial charge is 0.386 e. The molecule has 0 saturated carbocycles. The third-order valence-corrected chi connectivity index (χ3v) is 2.42. The summed E-state index contributed by atoms with van der Waals surface area (Å²) in [5.41, 5.74) is 0.547. The van der Waals surface area contributed by atoms with E-state index in [2.05, 4.69) is 27.3 Å². The molecule has 0 fully saturated rings. The fourth-order valence-electron chi connectivity index (χ4n) is 1.62. The zero-order chi connectivity index (χ0) is 11.4. The molecule has 0 radical (unpaired) electrons. The molecule has 0 bridgehead atoms. The standard InChI is InChI=1S/C10H15N5O/c1-2-4-15-5-3-11-10(15)6-9(16)8-7-12-14-13-8/h3,5,7,9,16H,2,4,6H2,1H3,(H,12,13,14). The fraction of sp³-hybridized carbons (Fsp3) is 0.500. The zero-order valence-corrected chi connectivity index (χ0v) is 9.17. The first kappa shape index (κ1) is 10.8. The number of aliphatic hydroxyl groups is 1. The van der Waals surface area contributed by atoms with E-state index in [0.717, 1.165) is 18.8 Å². The number of hydrogen-bond acceptors (Lipinski definition) is 4. The average Bonchev–Trinajstić information content (AvgIpc) is 2.90. The number of aryl methyl sites for hydroxylation is 1. The molecule has 6 heteroatoms. The molecule has 16 heavy (non-hydrogen) atoms. The van der Waals surface area contributed by atoms with E-state index in [0.29, 0.717) is 12.1 Å². The normalized spacial score (nSPS) is 12.9. The van der Waals surface area contributed by atoms with Gasteiger partial charge in [-0.25, -0.2) is 4.98 Å². The average molecular weight is 221 g/mol. The molecule has 0 saturated heterocycles. The van der Waals surface area contributed by atoms with Crippen LogP contribution in [-0.2, 0) is 13.0 Å². The molecule has 0 aromatic carbocycles. The second-order valence-electron chi connectivity index (χ2n) is 3.65. The van der Waals surface area contributed by atoms with Crippen molar-refractivity contribution in [2.75, 3.05) is 0 Å². The molecule has 86 valence electrons. The third-order valence-electron chi connectivity index (χ3n) is 2.42. The van der Waals surface area contributed by atoms with Crippen molar-refractivity contribution in [3.05, 3.63) is 30.1 Å². The van der Waals surface area contributed by atoms with Gasteiger partial charge in [-0.3, -0.25) is 0 Å². The highest BCUT2D eigenvalue weighted by atomic mass is 16.3. The molecule has 0 aliphatic carbocycles. The second kappa shape index (κ2) is 4.89. The Kier molecular flexibility index (Phi) is 3.31. The van der Waals surface area contributed by atoms with E-state index >= 15 is 0 Å². The van der Waals surface area contributed by atoms with Gasteiger partial charge >= 0.3 is 0 Å². The van der Waals surface area contributed by atoms with Crippen LogP contribution in [0.25, 0.3) is 0 Å². The summed E-state index contributed by atoms with van der Waals surface area (Å²) in [7, 11) is 0. The van der Waals surface area contributed by atoms with Gasteiger partial charge < -0.3 is 9.67 Å². The van der Waals surface area contributed by atoms with E-state index in [1.54, 1.807) is 6.20 Å². The summed E-state index contributed by atoms with van der Waals surface area (Å²) in [6, 6.07) is 0. The van der Waals surface area contributed by atoms with E-state index in [1.165, 1.54) is 6.20 Å². The minimum Gasteiger partial charge on any atom is -0.386 e. The highest BCUT2D eigenvalue weighted by molar-refractivity contribution is 5.02. The number of H-pyrrole nitrogens is 1. The molecule has 2 aromatic rings. The quantitative estimate of drug-likeness (QED) is 0.778. The van der Waals surface area contributed by atoms with Gasteiger partial charge in [0, 0.05) is 25.4 Å². The van der Waals surface area contributed by atoms with E-state index in [9.17, 15) is 5.11 Å². The lowest BCUT2D eigenvalue weighted by atomic mass is 10.2. The Hall–Kier alpha value is -1.69. The van der Waals surface area contributed by atoms with Gasteiger partial charge in [-0.2, -0.15) is 15.4 Å². The molecule has 0 spiro atoms. The molecule has 0 aliphatic heterocycles. The highest BCUT2D eigenvalue weighted by Crippen LogP contribution is 2.14. The molecule has 2 aromatic heterocycles. The van der Waals surface area contributed by atoms with Crippen LogP contribution in [0.5, 0.6) is 0 Å². The topological polar surface area (TPSA) is 79.6 Å². The van der Waals surface area contributed by atoms with Crippen LogP contribution < -0.4 is 0 Å². The van der Waals surface area contributed by atoms with Gasteiger partial charge in [0.25, 0.3) is 0 Å². The van der Waals surface area contributed by atoms with Crippen molar-refractivity contribution in [2.45, 2.75) is 32.4 Å². The molecular weight excluding hydrogens is 206 g/mol. The Morgan fingerprint density at radius 3 is 3.12 bits per heavy atom. The summed E-state index contributed by atoms with van der Waals surface area (Å²) in [4.78, 5) is 4.23. The lowest BCUT2D eigenvalue weighted by molar-refractivity contribution is 0.169. The molecule has 1 atom stereocenters. The van der Waals surface area contributed by atoms with Gasteiger partial charge in [0.2, 0.25) is 0 Å². The Morgan fingerprint density at radius 1 is 1.56 bits per heavy atom. The number of rotatable bonds is 5. The Morgan fingerprint density at radius 2 is 2.44 bits per heavy atom. The molecule has 0 aliphatic rings. The zero-order valence-electron chi connectivity index (χ0n) is 9.17. The van der Waals surface area contributed by atoms with Crippen LogP contribution in [-0.4, -0.2) is 30.1 Å². The second-order valence-corrected chi connectivity index (χ2v) is 3.65. The molecule has 6 nitrogen and oxygen atoms in total. The lowest BCUT2D eigenvalue weighted by Crippen LogP contribution is -2.09. The first-order valence-electron chi connectivity index (χ1n) is 5.35. The fourth-order valence-corrected chi connectivity index (χ4v) is 1.62. The Labute approximate surface area is 93.3 Å². The van der Waals surface area contributed by atoms with E-state index in [1.807, 2.05) is 10.8 Å². The number of nitrogens with one attached hydrogen (secondary N) is 1. The summed E-state index contributed by atoms with van der Waals surface area (Å²) in [6.45, 7) is 3.03. The summed E-state index contributed by atoms with van der Waals surface area (Å²) in [5, 5.41) is 19.9. The van der Waals surface area contributed by atoms with Gasteiger partial charge in [0.15, 0.2) is 0 Å². The van der Waals surface area contributed by atoms with Crippen molar-refractivity contribution in [3.63, 3.8) is 0 Å². The van der Waals surface area contributed by atoms with E-state index in [4.69, 9.17) is 0 Å². The van der Waals surface area contributed by atoms with Gasteiger partial charge in [0.05, 0.1) is 6.20 Å². The van der Waals surface area contributed by atoms with Crippen LogP contribution in [0.1, 0.15) is 31.0 Å². The van der Waals surface area contributed by atoms with Crippen molar-refractivity contribution >= 4 is 0 Å². The monoisotopic (exact) mass is 221 g/mol. The summed E-state index contributed by atoms with van der Waals surface area (Å²) in [5.74, 6) is 0.873. The molecule has 2 N–H and O–H groups in total. The van der Waals surface area contributed by atoms with Crippen LogP contribution >= 0.6 is 0 Å². The molecular formula is C10H15N5O. The van der Waals surface area contributed by atoms with E-state index < -0.39 is 6.10 Å². The molecule has 1 unspecified atom stereocenters. The van der Waals surface area contributed by atoms with Crippen LogP contribution in [0.4, 0.5) is 0 Å². The van der Waals surface area contributed by atoms with Crippen molar-refractivity contribution in [1.82, 2.24) is 25.0 Å². The van der Waals surface area contributed by atoms with Crippen molar-refractivity contribution in [2.24, 2.45) is 0 Å². The maximum atomic E-state index is 9.90. The van der Waals surface area contributed by atoms with Crippen molar-refractivity contribution in [1.29, 1.82) is 0 Å². The maximum absolute atomic E-state index is 9.90. The minimum absolute atomic E-state index is 0.458. The summed E-state index contributed by atoms with van der Waals surface area (Å²) < 4.78 is 2.04. The van der Waals surface area contributed by atoms with Gasteiger partial charge in [-0.15, -0.1) is 0 Å². The molecule has 2 rings (SSSR count). The number of aromatic nitrogens is 5. The number of nitrogens with zero attached hydrogens (tertiary/aromatic N) is 4. The van der Waals surface area contributed by atoms with E-state index in [-0.39, 0.29) is 0 Å². The molecule has 2 heterocycles.